The predicted molar refractivity (Wildman–Crippen MR) is 54.5 cm³/mol. The quantitative estimate of drug-likeness (QED) is 0.507. The number of aromatic nitrogens is 4. The van der Waals surface area contributed by atoms with Crippen molar-refractivity contribution in [1.82, 2.24) is 14.1 Å². The topological polar surface area (TPSA) is 26.6 Å². The predicted octanol–water partition coefficient (Wildman–Crippen LogP) is -2.24. The van der Waals surface area contributed by atoms with E-state index in [-0.39, 0.29) is 12.4 Å². The highest BCUT2D eigenvalue weighted by atomic mass is 35.5. The van der Waals surface area contributed by atoms with Gasteiger partial charge in [-0.15, -0.1) is 0 Å². The zero-order valence-corrected chi connectivity index (χ0v) is 10.1. The third kappa shape index (κ3) is 5.22. The molecule has 0 unspecified atom stereocenters. The van der Waals surface area contributed by atoms with E-state index in [1.54, 1.807) is 12.5 Å². The molecule has 5 heteroatoms. The van der Waals surface area contributed by atoms with Gasteiger partial charge in [-0.3, -0.25) is 0 Å². The molecule has 0 radical (unpaired) electrons. The van der Waals surface area contributed by atoms with Gasteiger partial charge in [-0.25, -0.2) is 14.1 Å². The Morgan fingerprint density at radius 2 is 1.93 bits per heavy atom. The fraction of sp³-hybridized carbons (Fsp3) is 0.400. The fourth-order valence-corrected chi connectivity index (χ4v) is 1.01. The third-order valence-electron chi connectivity index (χ3n) is 1.83. The number of aryl methyl sites for hydroxylation is 3. The molecular weight excluding hydrogens is 212 g/mol. The van der Waals surface area contributed by atoms with Gasteiger partial charge in [-0.2, -0.15) is 0 Å². The Labute approximate surface area is 96.6 Å². The van der Waals surface area contributed by atoms with Crippen LogP contribution in [0.4, 0.5) is 0 Å². The van der Waals surface area contributed by atoms with Crippen LogP contribution in [0.1, 0.15) is 6.92 Å². The first-order valence-corrected chi connectivity index (χ1v) is 4.65. The van der Waals surface area contributed by atoms with E-state index in [2.05, 4.69) is 29.0 Å². The second-order valence-electron chi connectivity index (χ2n) is 3.14. The molecule has 0 saturated carbocycles. The molecule has 0 amide bonds. The first kappa shape index (κ1) is 13.7. The van der Waals surface area contributed by atoms with E-state index < -0.39 is 0 Å². The second-order valence-corrected chi connectivity index (χ2v) is 3.14. The van der Waals surface area contributed by atoms with Crippen molar-refractivity contribution in [3.05, 3.63) is 37.4 Å². The minimum atomic E-state index is 0. The molecule has 0 spiro atoms. The van der Waals surface area contributed by atoms with E-state index in [1.807, 2.05) is 35.6 Å². The molecule has 2 aromatic heterocycles. The van der Waals surface area contributed by atoms with E-state index >= 15 is 0 Å². The summed E-state index contributed by atoms with van der Waals surface area (Å²) >= 11 is 0. The minimum absolute atomic E-state index is 0. The van der Waals surface area contributed by atoms with Crippen molar-refractivity contribution in [1.29, 1.82) is 0 Å². The van der Waals surface area contributed by atoms with Gasteiger partial charge < -0.3 is 17.0 Å². The van der Waals surface area contributed by atoms with Gasteiger partial charge in [0.1, 0.15) is 12.4 Å². The smallest absolute Gasteiger partial charge is 0.243 e. The van der Waals surface area contributed by atoms with Gasteiger partial charge in [0.05, 0.1) is 19.9 Å². The minimum Gasteiger partial charge on any atom is -1.00 e. The summed E-state index contributed by atoms with van der Waals surface area (Å²) in [6.45, 7) is 3.18. The molecule has 0 aromatic carbocycles. The zero-order valence-electron chi connectivity index (χ0n) is 9.34. The summed E-state index contributed by atoms with van der Waals surface area (Å²) in [5.41, 5.74) is 0. The zero-order chi connectivity index (χ0) is 10.4. The average Bonchev–Trinajstić information content (AvgIpc) is 2.77. The van der Waals surface area contributed by atoms with Crippen LogP contribution in [0, 0.1) is 0 Å². The van der Waals surface area contributed by atoms with Gasteiger partial charge in [-0.1, -0.05) is 0 Å². The summed E-state index contributed by atoms with van der Waals surface area (Å²) in [6, 6.07) is 0. The van der Waals surface area contributed by atoms with E-state index in [0.717, 1.165) is 6.54 Å². The summed E-state index contributed by atoms with van der Waals surface area (Å²) in [4.78, 5) is 3.78. The van der Waals surface area contributed by atoms with Gasteiger partial charge in [0, 0.05) is 19.4 Å². The summed E-state index contributed by atoms with van der Waals surface area (Å²) in [5, 5.41) is 0. The monoisotopic (exact) mass is 228 g/mol. The largest absolute Gasteiger partial charge is 1.00 e. The lowest BCUT2D eigenvalue weighted by Gasteiger charge is -1.81. The van der Waals surface area contributed by atoms with Crippen molar-refractivity contribution in [3.8, 4) is 0 Å². The molecule has 2 aromatic rings. The molecule has 0 aliphatic rings. The van der Waals surface area contributed by atoms with E-state index in [9.17, 15) is 0 Å². The first-order chi connectivity index (χ1) is 6.72. The Bertz CT molecular complexity index is 353. The summed E-state index contributed by atoms with van der Waals surface area (Å²) in [6.07, 6.45) is 11.5. The van der Waals surface area contributed by atoms with Gasteiger partial charge in [-0.05, 0) is 6.92 Å². The molecular formula is C10H17ClN4. The molecule has 4 nitrogen and oxygen atoms in total. The van der Waals surface area contributed by atoms with Gasteiger partial charge in [0.2, 0.25) is 6.33 Å². The van der Waals surface area contributed by atoms with Crippen molar-refractivity contribution in [2.75, 3.05) is 0 Å². The lowest BCUT2D eigenvalue weighted by molar-refractivity contribution is -0.693. The third-order valence-corrected chi connectivity index (χ3v) is 1.83. The van der Waals surface area contributed by atoms with Crippen LogP contribution >= 0.6 is 0 Å². The van der Waals surface area contributed by atoms with Crippen molar-refractivity contribution >= 4 is 0 Å². The lowest BCUT2D eigenvalue weighted by Crippen LogP contribution is -3.00. The second kappa shape index (κ2) is 7.06. The molecule has 0 aliphatic carbocycles. The number of hydrogen-bond donors (Lipinski definition) is 0. The Hall–Kier alpha value is -1.29. The van der Waals surface area contributed by atoms with Crippen molar-refractivity contribution in [3.63, 3.8) is 0 Å². The van der Waals surface area contributed by atoms with Gasteiger partial charge in [0.15, 0.2) is 0 Å². The SMILES string of the molecule is CC[n+]1ccn(C)c1.Cn1ccnc1.[Cl-]. The maximum Gasteiger partial charge on any atom is 0.243 e. The first-order valence-electron chi connectivity index (χ1n) is 4.65. The Morgan fingerprint density at radius 1 is 1.20 bits per heavy atom. The Morgan fingerprint density at radius 3 is 2.13 bits per heavy atom. The highest BCUT2D eigenvalue weighted by Gasteiger charge is 1.92. The van der Waals surface area contributed by atoms with Crippen LogP contribution in [0.5, 0.6) is 0 Å². The van der Waals surface area contributed by atoms with Crippen LogP contribution in [-0.4, -0.2) is 14.1 Å². The maximum atomic E-state index is 3.78. The molecule has 0 N–H and O–H groups in total. The number of rotatable bonds is 1. The molecule has 0 bridgehead atoms. The van der Waals surface area contributed by atoms with Crippen LogP contribution < -0.4 is 17.0 Å². The van der Waals surface area contributed by atoms with Crippen LogP contribution in [0.2, 0.25) is 0 Å². The number of nitrogens with zero attached hydrogens (tertiary/aromatic N) is 4. The van der Waals surface area contributed by atoms with Crippen LogP contribution in [0.15, 0.2) is 37.4 Å². The molecule has 15 heavy (non-hydrogen) atoms. The summed E-state index contributed by atoms with van der Waals surface area (Å²) in [7, 11) is 3.96. The maximum absolute atomic E-state index is 3.78. The van der Waals surface area contributed by atoms with E-state index in [1.165, 1.54) is 0 Å². The summed E-state index contributed by atoms with van der Waals surface area (Å²) < 4.78 is 6.05. The Balaban J connectivity index is 0.000000253. The van der Waals surface area contributed by atoms with E-state index in [0.29, 0.717) is 0 Å². The standard InChI is InChI=1S/C6H11N2.C4H6N2.ClH/c1-3-8-5-4-7(2)6-8;1-6-3-2-5-4-6;/h4-6H,3H2,1-2H3;2-4H,1H3;1H/q+1;;/p-1. The molecule has 0 fully saturated rings. The van der Waals surface area contributed by atoms with Crippen molar-refractivity contribution < 1.29 is 17.0 Å². The average molecular weight is 229 g/mol. The van der Waals surface area contributed by atoms with Crippen molar-refractivity contribution in [2.24, 2.45) is 14.1 Å². The number of halogens is 1. The number of imidazole rings is 2. The van der Waals surface area contributed by atoms with Crippen LogP contribution in [-0.2, 0) is 20.6 Å². The van der Waals surface area contributed by atoms with Gasteiger partial charge in [0.25, 0.3) is 0 Å². The fourth-order valence-electron chi connectivity index (χ4n) is 1.01. The van der Waals surface area contributed by atoms with Gasteiger partial charge >= 0.3 is 0 Å². The Kier molecular flexibility index (Phi) is 6.45. The highest BCUT2D eigenvalue weighted by molar-refractivity contribution is 4.70. The molecule has 0 aliphatic heterocycles. The lowest BCUT2D eigenvalue weighted by atomic mass is 10.7. The van der Waals surface area contributed by atoms with Crippen LogP contribution in [0.25, 0.3) is 0 Å². The molecule has 84 valence electrons. The number of hydrogen-bond acceptors (Lipinski definition) is 1. The normalized spacial score (nSPS) is 8.73. The van der Waals surface area contributed by atoms with Crippen LogP contribution in [0.3, 0.4) is 0 Å². The summed E-state index contributed by atoms with van der Waals surface area (Å²) in [5.74, 6) is 0. The van der Waals surface area contributed by atoms with Crippen molar-refractivity contribution in [2.45, 2.75) is 13.5 Å². The molecule has 0 atom stereocenters. The molecule has 0 saturated heterocycles. The molecule has 2 rings (SSSR count). The molecule has 2 heterocycles. The van der Waals surface area contributed by atoms with E-state index in [4.69, 9.17) is 0 Å². The highest BCUT2D eigenvalue weighted by Crippen LogP contribution is 1.74.